The summed E-state index contributed by atoms with van der Waals surface area (Å²) in [6, 6.07) is 1.48. The average Bonchev–Trinajstić information content (AvgIpc) is 2.31. The molecule has 108 valence electrons. The number of carboxylic acid groups (broad SMARTS) is 2. The summed E-state index contributed by atoms with van der Waals surface area (Å²) < 4.78 is 13.5. The predicted molar refractivity (Wildman–Crippen MR) is 67.0 cm³/mol. The van der Waals surface area contributed by atoms with Gasteiger partial charge in [-0.3, -0.25) is 4.79 Å². The van der Waals surface area contributed by atoms with Crippen LogP contribution in [-0.4, -0.2) is 34.2 Å². The number of aryl methyl sites for hydroxylation is 1. The Bertz CT molecular complexity index is 547. The van der Waals surface area contributed by atoms with Crippen molar-refractivity contribution in [3.05, 3.63) is 29.6 Å². The van der Waals surface area contributed by atoms with E-state index in [2.05, 4.69) is 5.32 Å². The molecule has 8 heteroatoms. The van der Waals surface area contributed by atoms with Gasteiger partial charge in [-0.05, 0) is 24.6 Å². The van der Waals surface area contributed by atoms with E-state index in [0.717, 1.165) is 0 Å². The summed E-state index contributed by atoms with van der Waals surface area (Å²) in [4.78, 5) is 32.7. The van der Waals surface area contributed by atoms with E-state index in [1.807, 2.05) is 5.32 Å². The monoisotopic (exact) mass is 284 g/mol. The molecule has 0 aliphatic heterocycles. The number of urea groups is 1. The SMILES string of the molecule is Cc1ccc(NC(=O)N[C@@H](CC(=O)O)C(=O)O)c(F)c1. The fraction of sp³-hybridized carbons (Fsp3) is 0.250. The highest BCUT2D eigenvalue weighted by Gasteiger charge is 2.23. The van der Waals surface area contributed by atoms with Gasteiger partial charge in [0, 0.05) is 0 Å². The van der Waals surface area contributed by atoms with E-state index in [0.29, 0.717) is 5.56 Å². The lowest BCUT2D eigenvalue weighted by molar-refractivity contribution is -0.145. The Hall–Kier alpha value is -2.64. The molecule has 1 aromatic rings. The first-order valence-electron chi connectivity index (χ1n) is 5.58. The molecular formula is C12H13FN2O5. The van der Waals surface area contributed by atoms with Crippen molar-refractivity contribution in [1.82, 2.24) is 5.32 Å². The number of hydrogen-bond acceptors (Lipinski definition) is 3. The molecule has 0 radical (unpaired) electrons. The number of halogens is 1. The van der Waals surface area contributed by atoms with Gasteiger partial charge in [-0.15, -0.1) is 0 Å². The molecule has 20 heavy (non-hydrogen) atoms. The molecule has 0 fully saturated rings. The molecule has 4 N–H and O–H groups in total. The zero-order chi connectivity index (χ0) is 15.3. The molecule has 0 aromatic heterocycles. The van der Waals surface area contributed by atoms with Crippen LogP contribution in [0.5, 0.6) is 0 Å². The first kappa shape index (κ1) is 15.4. The Morgan fingerprint density at radius 3 is 2.45 bits per heavy atom. The third-order valence-electron chi connectivity index (χ3n) is 2.35. The Balaban J connectivity index is 2.70. The highest BCUT2D eigenvalue weighted by Crippen LogP contribution is 2.15. The predicted octanol–water partition coefficient (Wildman–Crippen LogP) is 1.18. The third kappa shape index (κ3) is 4.56. The number of nitrogens with one attached hydrogen (secondary N) is 2. The lowest BCUT2D eigenvalue weighted by Crippen LogP contribution is -2.44. The van der Waals surface area contributed by atoms with Crippen LogP contribution in [0, 0.1) is 12.7 Å². The second kappa shape index (κ2) is 6.50. The Morgan fingerprint density at radius 2 is 1.95 bits per heavy atom. The maximum atomic E-state index is 13.5. The summed E-state index contributed by atoms with van der Waals surface area (Å²) in [6.07, 6.45) is -0.779. The zero-order valence-corrected chi connectivity index (χ0v) is 10.5. The minimum absolute atomic E-state index is 0.132. The molecule has 0 unspecified atom stereocenters. The molecule has 0 spiro atoms. The number of benzene rings is 1. The summed E-state index contributed by atoms with van der Waals surface area (Å²) in [7, 11) is 0. The number of carbonyl (C=O) groups is 3. The number of rotatable bonds is 5. The number of anilines is 1. The van der Waals surface area contributed by atoms with Crippen LogP contribution in [-0.2, 0) is 9.59 Å². The highest BCUT2D eigenvalue weighted by molar-refractivity contribution is 5.93. The molecule has 0 aliphatic rings. The smallest absolute Gasteiger partial charge is 0.326 e. The van der Waals surface area contributed by atoms with Crippen LogP contribution >= 0.6 is 0 Å². The van der Waals surface area contributed by atoms with Crippen molar-refractivity contribution < 1.29 is 29.0 Å². The lowest BCUT2D eigenvalue weighted by atomic mass is 10.2. The van der Waals surface area contributed by atoms with Crippen molar-refractivity contribution in [1.29, 1.82) is 0 Å². The molecule has 2 amide bonds. The molecule has 0 saturated carbocycles. The molecular weight excluding hydrogens is 271 g/mol. The Kier molecular flexibility index (Phi) is 5.01. The summed E-state index contributed by atoms with van der Waals surface area (Å²) in [5, 5.41) is 21.3. The standard InChI is InChI=1S/C12H13FN2O5/c1-6-2-3-8(7(13)4-6)14-12(20)15-9(11(18)19)5-10(16)17/h2-4,9H,5H2,1H3,(H,16,17)(H,18,19)(H2,14,15,20)/t9-/m0/s1. The van der Waals surface area contributed by atoms with Crippen molar-refractivity contribution in [3.8, 4) is 0 Å². The van der Waals surface area contributed by atoms with E-state index in [-0.39, 0.29) is 5.69 Å². The van der Waals surface area contributed by atoms with Crippen molar-refractivity contribution in [2.24, 2.45) is 0 Å². The fourth-order valence-corrected chi connectivity index (χ4v) is 1.41. The summed E-state index contributed by atoms with van der Waals surface area (Å²) in [5.41, 5.74) is 0.523. The first-order valence-corrected chi connectivity index (χ1v) is 5.58. The van der Waals surface area contributed by atoms with Gasteiger partial charge in [0.2, 0.25) is 0 Å². The van der Waals surface area contributed by atoms with Crippen molar-refractivity contribution in [2.45, 2.75) is 19.4 Å². The summed E-state index contributed by atoms with van der Waals surface area (Å²) in [5.74, 6) is -3.54. The van der Waals surface area contributed by atoms with Crippen LogP contribution < -0.4 is 10.6 Å². The van der Waals surface area contributed by atoms with Gasteiger partial charge < -0.3 is 20.8 Å². The molecule has 0 saturated heterocycles. The number of hydrogen-bond donors (Lipinski definition) is 4. The minimum Gasteiger partial charge on any atom is -0.481 e. The van der Waals surface area contributed by atoms with Crippen LogP contribution in [0.2, 0.25) is 0 Å². The normalized spacial score (nSPS) is 11.5. The molecule has 0 aliphatic carbocycles. The van der Waals surface area contributed by atoms with Crippen LogP contribution in [0.3, 0.4) is 0 Å². The summed E-state index contributed by atoms with van der Waals surface area (Å²) in [6.45, 7) is 1.67. The van der Waals surface area contributed by atoms with Gasteiger partial charge in [0.15, 0.2) is 0 Å². The second-order valence-corrected chi connectivity index (χ2v) is 4.07. The van der Waals surface area contributed by atoms with Crippen LogP contribution in [0.15, 0.2) is 18.2 Å². The van der Waals surface area contributed by atoms with Gasteiger partial charge in [-0.25, -0.2) is 14.0 Å². The third-order valence-corrected chi connectivity index (χ3v) is 2.35. The molecule has 0 bridgehead atoms. The van der Waals surface area contributed by atoms with Crippen LogP contribution in [0.25, 0.3) is 0 Å². The van der Waals surface area contributed by atoms with E-state index in [4.69, 9.17) is 10.2 Å². The van der Waals surface area contributed by atoms with Gasteiger partial charge >= 0.3 is 18.0 Å². The lowest BCUT2D eigenvalue weighted by Gasteiger charge is -2.13. The van der Waals surface area contributed by atoms with E-state index in [1.165, 1.54) is 12.1 Å². The maximum absolute atomic E-state index is 13.5. The fourth-order valence-electron chi connectivity index (χ4n) is 1.41. The van der Waals surface area contributed by atoms with Crippen molar-refractivity contribution in [3.63, 3.8) is 0 Å². The van der Waals surface area contributed by atoms with Crippen LogP contribution in [0.1, 0.15) is 12.0 Å². The molecule has 1 aromatic carbocycles. The number of carbonyl (C=O) groups excluding carboxylic acids is 1. The van der Waals surface area contributed by atoms with Gasteiger partial charge in [-0.2, -0.15) is 0 Å². The average molecular weight is 284 g/mol. The minimum atomic E-state index is -1.60. The number of aliphatic carboxylic acids is 2. The molecule has 7 nitrogen and oxygen atoms in total. The number of carboxylic acids is 2. The van der Waals surface area contributed by atoms with Crippen molar-refractivity contribution >= 4 is 23.7 Å². The Morgan fingerprint density at radius 1 is 1.30 bits per heavy atom. The molecule has 0 heterocycles. The summed E-state index contributed by atoms with van der Waals surface area (Å²) >= 11 is 0. The Labute approximate surface area is 113 Å². The first-order chi connectivity index (χ1) is 9.29. The van der Waals surface area contributed by atoms with Crippen LogP contribution in [0.4, 0.5) is 14.9 Å². The quantitative estimate of drug-likeness (QED) is 0.648. The number of amides is 2. The van der Waals surface area contributed by atoms with Crippen molar-refractivity contribution in [2.75, 3.05) is 5.32 Å². The molecule has 1 atom stereocenters. The van der Waals surface area contributed by atoms with Gasteiger partial charge in [0.1, 0.15) is 11.9 Å². The molecule has 1 rings (SSSR count). The van der Waals surface area contributed by atoms with Gasteiger partial charge in [0.05, 0.1) is 12.1 Å². The van der Waals surface area contributed by atoms with E-state index >= 15 is 0 Å². The van der Waals surface area contributed by atoms with E-state index in [9.17, 15) is 18.8 Å². The zero-order valence-electron chi connectivity index (χ0n) is 10.5. The topological polar surface area (TPSA) is 116 Å². The largest absolute Gasteiger partial charge is 0.481 e. The van der Waals surface area contributed by atoms with Gasteiger partial charge in [-0.1, -0.05) is 6.07 Å². The second-order valence-electron chi connectivity index (χ2n) is 4.07. The van der Waals surface area contributed by atoms with E-state index < -0.39 is 36.2 Å². The van der Waals surface area contributed by atoms with Gasteiger partial charge in [0.25, 0.3) is 0 Å². The maximum Gasteiger partial charge on any atom is 0.326 e. The van der Waals surface area contributed by atoms with E-state index in [1.54, 1.807) is 13.0 Å². The highest BCUT2D eigenvalue weighted by atomic mass is 19.1.